The van der Waals surface area contributed by atoms with Gasteiger partial charge in [0.25, 0.3) is 0 Å². The highest BCUT2D eigenvalue weighted by Gasteiger charge is 2.11. The Bertz CT molecular complexity index is 82.0. The molecule has 0 aliphatic heterocycles. The molecule has 0 saturated heterocycles. The first-order valence-electron chi connectivity index (χ1n) is 2.95. The van der Waals surface area contributed by atoms with Gasteiger partial charge in [0.05, 0.1) is 0 Å². The summed E-state index contributed by atoms with van der Waals surface area (Å²) < 4.78 is 0. The molecule has 1 rings (SSSR count). The van der Waals surface area contributed by atoms with Crippen LogP contribution in [-0.4, -0.2) is 0 Å². The van der Waals surface area contributed by atoms with Gasteiger partial charge in [-0.05, 0) is 25.2 Å². The lowest BCUT2D eigenvalue weighted by atomic mass is 10.1. The smallest absolute Gasteiger partial charge is 0.0297 e. The molecule has 0 nitrogen and oxygen atoms in total. The Morgan fingerprint density at radius 1 is 1.71 bits per heavy atom. The summed E-state index contributed by atoms with van der Waals surface area (Å²) in [5, 5.41) is 0. The summed E-state index contributed by atoms with van der Waals surface area (Å²) in [6.07, 6.45) is 3.93. The van der Waals surface area contributed by atoms with Crippen LogP contribution in [0.15, 0.2) is 12.2 Å². The second-order valence-electron chi connectivity index (χ2n) is 2.60. The van der Waals surface area contributed by atoms with Gasteiger partial charge in [0.15, 0.2) is 0 Å². The van der Waals surface area contributed by atoms with Gasteiger partial charge in [-0.1, -0.05) is 19.1 Å². The molecule has 1 aliphatic carbocycles. The van der Waals surface area contributed by atoms with Crippen LogP contribution in [0.3, 0.4) is 0 Å². The predicted octanol–water partition coefficient (Wildman–Crippen LogP) is 2.36. The number of allylic oxidation sites excluding steroid dienone is 1. The zero-order chi connectivity index (χ0) is 5.28. The summed E-state index contributed by atoms with van der Waals surface area (Å²) >= 11 is 0. The maximum Gasteiger partial charge on any atom is -0.0297 e. The average molecular weight is 96.2 g/mol. The maximum absolute atomic E-state index is 3.90. The molecule has 7 heavy (non-hydrogen) atoms. The molecule has 0 aromatic carbocycles. The number of rotatable bonds is 0. The van der Waals surface area contributed by atoms with Gasteiger partial charge < -0.3 is 0 Å². The third kappa shape index (κ3) is 1.05. The first-order chi connectivity index (χ1) is 3.29. The van der Waals surface area contributed by atoms with Crippen LogP contribution in [0.5, 0.6) is 0 Å². The van der Waals surface area contributed by atoms with Gasteiger partial charge in [-0.25, -0.2) is 0 Å². The van der Waals surface area contributed by atoms with Crippen molar-refractivity contribution in [1.29, 1.82) is 0 Å². The molecular formula is C7H12. The van der Waals surface area contributed by atoms with Gasteiger partial charge in [-0.15, -0.1) is 0 Å². The molecule has 0 heterocycles. The van der Waals surface area contributed by atoms with Crippen LogP contribution in [-0.2, 0) is 0 Å². The normalized spacial score (nSPS) is 31.6. The number of hydrogen-bond acceptors (Lipinski definition) is 0. The van der Waals surface area contributed by atoms with Crippen LogP contribution >= 0.6 is 0 Å². The fourth-order valence-corrected chi connectivity index (χ4v) is 1.15. The monoisotopic (exact) mass is 96.1 g/mol. The molecule has 0 N–H and O–H groups in total. The van der Waals surface area contributed by atoms with Gasteiger partial charge in [-0.2, -0.15) is 0 Å². The van der Waals surface area contributed by atoms with Crippen LogP contribution in [0.1, 0.15) is 26.2 Å². The third-order valence-electron chi connectivity index (χ3n) is 1.63. The quantitative estimate of drug-likeness (QED) is 0.406. The molecule has 0 radical (unpaired) electrons. The van der Waals surface area contributed by atoms with E-state index >= 15 is 0 Å². The van der Waals surface area contributed by atoms with Crippen molar-refractivity contribution < 1.29 is 0 Å². The van der Waals surface area contributed by atoms with E-state index in [1.54, 1.807) is 0 Å². The van der Waals surface area contributed by atoms with E-state index in [0.717, 1.165) is 5.92 Å². The molecule has 0 spiro atoms. The van der Waals surface area contributed by atoms with Gasteiger partial charge in [0.2, 0.25) is 0 Å². The topological polar surface area (TPSA) is 0 Å². The Hall–Kier alpha value is -0.260. The van der Waals surface area contributed by atoms with Crippen molar-refractivity contribution >= 4 is 0 Å². The first-order valence-corrected chi connectivity index (χ1v) is 2.95. The average Bonchev–Trinajstić information content (AvgIpc) is 1.87. The van der Waals surface area contributed by atoms with Gasteiger partial charge >= 0.3 is 0 Å². The van der Waals surface area contributed by atoms with Crippen molar-refractivity contribution in [1.82, 2.24) is 0 Å². The highest BCUT2D eigenvalue weighted by molar-refractivity contribution is 5.00. The van der Waals surface area contributed by atoms with Crippen molar-refractivity contribution in [3.63, 3.8) is 0 Å². The van der Waals surface area contributed by atoms with Crippen LogP contribution in [0.4, 0.5) is 0 Å². The summed E-state index contributed by atoms with van der Waals surface area (Å²) in [4.78, 5) is 0. The fourth-order valence-electron chi connectivity index (χ4n) is 1.15. The molecule has 0 aromatic rings. The van der Waals surface area contributed by atoms with E-state index in [9.17, 15) is 0 Å². The van der Waals surface area contributed by atoms with E-state index < -0.39 is 0 Å². The van der Waals surface area contributed by atoms with Crippen LogP contribution in [0.25, 0.3) is 0 Å². The molecule has 40 valence electrons. The van der Waals surface area contributed by atoms with E-state index in [1.165, 1.54) is 24.8 Å². The van der Waals surface area contributed by atoms with Crippen LogP contribution in [0.2, 0.25) is 0 Å². The van der Waals surface area contributed by atoms with E-state index in [1.807, 2.05) is 0 Å². The SMILES string of the molecule is C=C1CC[C@@H](C)C1. The second kappa shape index (κ2) is 1.69. The summed E-state index contributed by atoms with van der Waals surface area (Å²) in [6.45, 7) is 6.19. The summed E-state index contributed by atoms with van der Waals surface area (Å²) in [5.41, 5.74) is 1.45. The highest BCUT2D eigenvalue weighted by Crippen LogP contribution is 2.27. The van der Waals surface area contributed by atoms with Crippen molar-refractivity contribution in [3.8, 4) is 0 Å². The Morgan fingerprint density at radius 2 is 2.43 bits per heavy atom. The minimum atomic E-state index is 0.924. The van der Waals surface area contributed by atoms with Crippen LogP contribution < -0.4 is 0 Å². The molecule has 0 unspecified atom stereocenters. The lowest BCUT2D eigenvalue weighted by Gasteiger charge is -1.92. The molecule has 0 amide bonds. The zero-order valence-corrected chi connectivity index (χ0v) is 4.91. The van der Waals surface area contributed by atoms with E-state index in [2.05, 4.69) is 13.5 Å². The molecule has 1 saturated carbocycles. The molecule has 0 aromatic heterocycles. The lowest BCUT2D eigenvalue weighted by molar-refractivity contribution is 0.620. The zero-order valence-electron chi connectivity index (χ0n) is 4.91. The van der Waals surface area contributed by atoms with E-state index in [0.29, 0.717) is 0 Å². The van der Waals surface area contributed by atoms with E-state index in [4.69, 9.17) is 0 Å². The molecule has 0 bridgehead atoms. The Morgan fingerprint density at radius 3 is 2.57 bits per heavy atom. The van der Waals surface area contributed by atoms with Gasteiger partial charge in [-0.3, -0.25) is 0 Å². The van der Waals surface area contributed by atoms with E-state index in [-0.39, 0.29) is 0 Å². The summed E-state index contributed by atoms with van der Waals surface area (Å²) in [5.74, 6) is 0.924. The molecule has 1 fully saturated rings. The minimum absolute atomic E-state index is 0.924. The Kier molecular flexibility index (Phi) is 1.18. The van der Waals surface area contributed by atoms with Crippen LogP contribution in [0, 0.1) is 5.92 Å². The van der Waals surface area contributed by atoms with Crippen molar-refractivity contribution in [3.05, 3.63) is 12.2 Å². The molecular weight excluding hydrogens is 84.1 g/mol. The third-order valence-corrected chi connectivity index (χ3v) is 1.63. The summed E-state index contributed by atoms with van der Waals surface area (Å²) in [6, 6.07) is 0. The van der Waals surface area contributed by atoms with Gasteiger partial charge in [0, 0.05) is 0 Å². The fraction of sp³-hybridized carbons (Fsp3) is 0.714. The number of hydrogen-bond donors (Lipinski definition) is 0. The standard InChI is InChI=1S/C7H12/c1-6-3-4-7(2)5-6/h7H,1,3-5H2,2H3/t7-/m1/s1. The Balaban J connectivity index is 2.40. The predicted molar refractivity (Wildman–Crippen MR) is 32.2 cm³/mol. The highest BCUT2D eigenvalue weighted by atomic mass is 14.2. The molecule has 1 atom stereocenters. The molecule has 0 heteroatoms. The first kappa shape index (κ1) is 4.89. The second-order valence-corrected chi connectivity index (χ2v) is 2.60. The maximum atomic E-state index is 3.90. The minimum Gasteiger partial charge on any atom is -0.0999 e. The van der Waals surface area contributed by atoms with Crippen molar-refractivity contribution in [2.75, 3.05) is 0 Å². The van der Waals surface area contributed by atoms with Gasteiger partial charge in [0.1, 0.15) is 0 Å². The Labute approximate surface area is 45.2 Å². The molecule has 1 aliphatic rings. The summed E-state index contributed by atoms with van der Waals surface area (Å²) in [7, 11) is 0. The lowest BCUT2D eigenvalue weighted by Crippen LogP contribution is -1.79. The van der Waals surface area contributed by atoms with Crippen molar-refractivity contribution in [2.45, 2.75) is 26.2 Å². The van der Waals surface area contributed by atoms with Crippen molar-refractivity contribution in [2.24, 2.45) is 5.92 Å². The largest absolute Gasteiger partial charge is 0.0999 e.